The second kappa shape index (κ2) is 6.24. The summed E-state index contributed by atoms with van der Waals surface area (Å²) < 4.78 is 40.3. The summed E-state index contributed by atoms with van der Waals surface area (Å²) in [5, 5.41) is 3.42. The number of hydrogen-bond acceptors (Lipinski definition) is 3. The van der Waals surface area contributed by atoms with Crippen molar-refractivity contribution >= 4 is 33.2 Å². The molecule has 8 heteroatoms. The highest BCUT2D eigenvalue weighted by atomic mass is 79.9. The topological polar surface area (TPSA) is 42.0 Å². The Bertz CT molecular complexity index is 705. The Morgan fingerprint density at radius 2 is 2.22 bits per heavy atom. The molecule has 23 heavy (non-hydrogen) atoms. The molecule has 3 atom stereocenters. The fourth-order valence-electron chi connectivity index (χ4n) is 2.50. The van der Waals surface area contributed by atoms with Crippen molar-refractivity contribution in [3.05, 3.63) is 50.9 Å². The molecule has 0 spiro atoms. The maximum absolute atomic E-state index is 13.1. The predicted molar refractivity (Wildman–Crippen MR) is 84.0 cm³/mol. The van der Waals surface area contributed by atoms with Gasteiger partial charge in [-0.15, -0.1) is 11.3 Å². The van der Waals surface area contributed by atoms with Gasteiger partial charge < -0.3 is 5.32 Å². The van der Waals surface area contributed by atoms with Crippen LogP contribution in [0.5, 0.6) is 0 Å². The summed E-state index contributed by atoms with van der Waals surface area (Å²) in [6, 6.07) is 5.44. The van der Waals surface area contributed by atoms with Gasteiger partial charge in [-0.3, -0.25) is 4.79 Å². The van der Waals surface area contributed by atoms with Crippen molar-refractivity contribution in [3.8, 4) is 0 Å². The third kappa shape index (κ3) is 3.74. The molecule has 1 aromatic heterocycles. The summed E-state index contributed by atoms with van der Waals surface area (Å²) in [6.07, 6.45) is -2.70. The molecule has 0 saturated heterocycles. The highest BCUT2D eigenvalue weighted by Crippen LogP contribution is 2.48. The molecule has 0 bridgehead atoms. The molecule has 1 aliphatic rings. The van der Waals surface area contributed by atoms with E-state index >= 15 is 0 Å². The van der Waals surface area contributed by atoms with Crippen LogP contribution in [-0.2, 0) is 4.79 Å². The Kier molecular flexibility index (Phi) is 4.46. The molecule has 0 aliphatic heterocycles. The van der Waals surface area contributed by atoms with Gasteiger partial charge in [0, 0.05) is 22.0 Å². The first kappa shape index (κ1) is 16.4. The molecule has 1 unspecified atom stereocenters. The molecule has 3 nitrogen and oxygen atoms in total. The number of alkyl halides is 3. The number of nitrogens with zero attached hydrogens (tertiary/aromatic N) is 1. The van der Waals surface area contributed by atoms with Crippen molar-refractivity contribution in [2.24, 2.45) is 5.92 Å². The zero-order valence-electron chi connectivity index (χ0n) is 11.7. The molecule has 1 heterocycles. The lowest BCUT2D eigenvalue weighted by molar-refractivity contribution is -0.163. The van der Waals surface area contributed by atoms with Crippen molar-refractivity contribution in [2.75, 3.05) is 0 Å². The Hall–Kier alpha value is -1.41. The number of halogens is 4. The average molecular weight is 405 g/mol. The van der Waals surface area contributed by atoms with Crippen LogP contribution in [0, 0.1) is 5.92 Å². The first-order chi connectivity index (χ1) is 10.9. The number of rotatable bonds is 4. The van der Waals surface area contributed by atoms with Crippen LogP contribution >= 0.6 is 27.3 Å². The van der Waals surface area contributed by atoms with Crippen molar-refractivity contribution in [1.29, 1.82) is 0 Å². The summed E-state index contributed by atoms with van der Waals surface area (Å²) in [5.74, 6) is -1.03. The summed E-state index contributed by atoms with van der Waals surface area (Å²) in [4.78, 5) is 15.9. The third-order valence-corrected chi connectivity index (χ3v) is 5.05. The fourth-order valence-corrected chi connectivity index (χ4v) is 3.63. The number of amides is 1. The van der Waals surface area contributed by atoms with Crippen LogP contribution in [0.25, 0.3) is 0 Å². The van der Waals surface area contributed by atoms with Gasteiger partial charge in [-0.1, -0.05) is 28.1 Å². The van der Waals surface area contributed by atoms with Crippen molar-refractivity contribution < 1.29 is 18.0 Å². The van der Waals surface area contributed by atoms with Crippen LogP contribution in [0.1, 0.15) is 29.0 Å². The lowest BCUT2D eigenvalue weighted by Gasteiger charge is -2.19. The standard InChI is InChI=1S/C15H12BrF3N2OS/c16-9-3-1-2-8(6-9)10-7-11(10)13(22)21-12(15(17,18)19)14-20-4-5-23-14/h1-6,10-12H,7H2,(H,21,22)/t10-,11+,12?/m0/s1. The number of aromatic nitrogens is 1. The zero-order chi connectivity index (χ0) is 16.6. The van der Waals surface area contributed by atoms with Crippen LogP contribution in [0.2, 0.25) is 0 Å². The minimum Gasteiger partial charge on any atom is -0.339 e. The van der Waals surface area contributed by atoms with Gasteiger partial charge in [0.15, 0.2) is 6.04 Å². The molecule has 0 radical (unpaired) electrons. The first-order valence-corrected chi connectivity index (χ1v) is 8.55. The lowest BCUT2D eigenvalue weighted by atomic mass is 10.1. The number of thiazole rings is 1. The monoisotopic (exact) mass is 404 g/mol. The normalized spacial score (nSPS) is 21.7. The second-order valence-electron chi connectivity index (χ2n) is 5.36. The van der Waals surface area contributed by atoms with Crippen LogP contribution in [0.15, 0.2) is 40.3 Å². The number of hydrogen-bond donors (Lipinski definition) is 1. The van der Waals surface area contributed by atoms with E-state index < -0.39 is 24.0 Å². The maximum Gasteiger partial charge on any atom is 0.415 e. The van der Waals surface area contributed by atoms with E-state index in [2.05, 4.69) is 26.2 Å². The Morgan fingerprint density at radius 3 is 2.83 bits per heavy atom. The molecule has 1 aliphatic carbocycles. The van der Waals surface area contributed by atoms with Crippen molar-refractivity contribution in [3.63, 3.8) is 0 Å². The number of carbonyl (C=O) groups is 1. The van der Waals surface area contributed by atoms with E-state index in [-0.39, 0.29) is 10.9 Å². The Balaban J connectivity index is 1.69. The molecule has 1 fully saturated rings. The van der Waals surface area contributed by atoms with E-state index in [1.54, 1.807) is 0 Å². The maximum atomic E-state index is 13.1. The molecule has 1 amide bonds. The summed E-state index contributed by atoms with van der Waals surface area (Å²) >= 11 is 4.23. The fraction of sp³-hybridized carbons (Fsp3) is 0.333. The van der Waals surface area contributed by atoms with Crippen molar-refractivity contribution in [2.45, 2.75) is 24.6 Å². The minimum atomic E-state index is -4.56. The van der Waals surface area contributed by atoms with Gasteiger partial charge in [-0.25, -0.2) is 4.98 Å². The first-order valence-electron chi connectivity index (χ1n) is 6.88. The quantitative estimate of drug-likeness (QED) is 0.818. The number of nitrogens with one attached hydrogen (secondary N) is 1. The van der Waals surface area contributed by atoms with Gasteiger partial charge in [0.1, 0.15) is 5.01 Å². The molecular formula is C15H12BrF3N2OS. The van der Waals surface area contributed by atoms with Crippen LogP contribution in [-0.4, -0.2) is 17.1 Å². The molecule has 1 N–H and O–H groups in total. The zero-order valence-corrected chi connectivity index (χ0v) is 14.1. The molecule has 122 valence electrons. The van der Waals surface area contributed by atoms with Gasteiger partial charge in [0.2, 0.25) is 5.91 Å². The van der Waals surface area contributed by atoms with Gasteiger partial charge in [-0.05, 0) is 30.0 Å². The largest absolute Gasteiger partial charge is 0.415 e. The van der Waals surface area contributed by atoms with Crippen LogP contribution in [0.3, 0.4) is 0 Å². The number of benzene rings is 1. The van der Waals surface area contributed by atoms with E-state index in [0.29, 0.717) is 6.42 Å². The highest BCUT2D eigenvalue weighted by molar-refractivity contribution is 9.10. The van der Waals surface area contributed by atoms with Gasteiger partial charge >= 0.3 is 6.18 Å². The van der Waals surface area contributed by atoms with Crippen LogP contribution < -0.4 is 5.32 Å². The summed E-state index contributed by atoms with van der Waals surface area (Å²) in [6.45, 7) is 0. The van der Waals surface area contributed by atoms with Gasteiger partial charge in [0.25, 0.3) is 0 Å². The van der Waals surface area contributed by atoms with E-state index in [9.17, 15) is 18.0 Å². The van der Waals surface area contributed by atoms with E-state index in [0.717, 1.165) is 21.4 Å². The van der Waals surface area contributed by atoms with Crippen molar-refractivity contribution in [1.82, 2.24) is 10.3 Å². The molecule has 1 aromatic carbocycles. The van der Waals surface area contributed by atoms with Crippen LogP contribution in [0.4, 0.5) is 13.2 Å². The van der Waals surface area contributed by atoms with E-state index in [4.69, 9.17) is 0 Å². The molecule has 1 saturated carbocycles. The Labute approximate surface area is 143 Å². The lowest BCUT2D eigenvalue weighted by Crippen LogP contribution is -2.39. The smallest absolute Gasteiger partial charge is 0.339 e. The molecule has 3 rings (SSSR count). The second-order valence-corrected chi connectivity index (χ2v) is 7.20. The van der Waals surface area contributed by atoms with Gasteiger partial charge in [-0.2, -0.15) is 13.2 Å². The van der Waals surface area contributed by atoms with E-state index in [1.165, 1.54) is 11.6 Å². The third-order valence-electron chi connectivity index (χ3n) is 3.72. The highest BCUT2D eigenvalue weighted by Gasteiger charge is 2.49. The molecule has 2 aromatic rings. The Morgan fingerprint density at radius 1 is 1.43 bits per heavy atom. The number of carbonyl (C=O) groups excluding carboxylic acids is 1. The van der Waals surface area contributed by atoms with Gasteiger partial charge in [0.05, 0.1) is 0 Å². The summed E-state index contributed by atoms with van der Waals surface area (Å²) in [5.41, 5.74) is 0.956. The molecular weight excluding hydrogens is 393 g/mol. The van der Waals surface area contributed by atoms with E-state index in [1.807, 2.05) is 24.3 Å². The predicted octanol–water partition coefficient (Wildman–Crippen LogP) is 4.43. The minimum absolute atomic E-state index is 0.0299. The SMILES string of the molecule is O=C(NC(c1nccs1)C(F)(F)F)[C@@H]1C[C@H]1c1cccc(Br)c1. The summed E-state index contributed by atoms with van der Waals surface area (Å²) in [7, 11) is 0. The average Bonchev–Trinajstić information content (AvgIpc) is 3.11.